The lowest BCUT2D eigenvalue weighted by atomic mass is 9.76. The summed E-state index contributed by atoms with van der Waals surface area (Å²) in [6.07, 6.45) is 0. The van der Waals surface area contributed by atoms with E-state index < -0.39 is 11.5 Å². The Labute approximate surface area is 142 Å². The number of thiophene rings is 1. The second kappa shape index (κ2) is 4.90. The molecule has 2 N–H and O–H groups in total. The molecule has 2 atom stereocenters. The molecule has 1 aromatic carbocycles. The van der Waals surface area contributed by atoms with Crippen molar-refractivity contribution in [2.24, 2.45) is 4.99 Å². The van der Waals surface area contributed by atoms with Crippen molar-refractivity contribution >= 4 is 39.6 Å². The highest BCUT2D eigenvalue weighted by Crippen LogP contribution is 2.46. The van der Waals surface area contributed by atoms with Gasteiger partial charge in [-0.15, -0.1) is 11.3 Å². The van der Waals surface area contributed by atoms with Gasteiger partial charge in [0.2, 0.25) is 5.78 Å². The molecule has 118 valence electrons. The van der Waals surface area contributed by atoms with Crippen LogP contribution in [0, 0.1) is 13.8 Å². The zero-order chi connectivity index (χ0) is 16.4. The summed E-state index contributed by atoms with van der Waals surface area (Å²) in [7, 11) is 0. The summed E-state index contributed by atoms with van der Waals surface area (Å²) in [5, 5.41) is 15.9. The maximum atomic E-state index is 13.1. The molecule has 0 saturated carbocycles. The van der Waals surface area contributed by atoms with Crippen LogP contribution in [0.15, 0.2) is 29.3 Å². The Bertz CT molecular complexity index is 856. The quantitative estimate of drug-likeness (QED) is 0.830. The molecule has 0 amide bonds. The summed E-state index contributed by atoms with van der Waals surface area (Å²) in [5.74, 6) is -0.303. The fourth-order valence-corrected chi connectivity index (χ4v) is 4.51. The number of carbonyl (C=O) groups excluding carboxylic acids is 1. The molecule has 2 aliphatic heterocycles. The number of aliphatic imine (C=N–C) groups is 1. The Morgan fingerprint density at radius 3 is 2.74 bits per heavy atom. The Hall–Kier alpha value is -1.69. The van der Waals surface area contributed by atoms with E-state index in [1.165, 1.54) is 11.3 Å². The molecule has 3 heterocycles. The third kappa shape index (κ3) is 1.94. The second-order valence-electron chi connectivity index (χ2n) is 6.00. The van der Waals surface area contributed by atoms with Crippen molar-refractivity contribution in [1.29, 1.82) is 0 Å². The molecule has 6 heteroatoms. The maximum Gasteiger partial charge on any atom is 0.206 e. The van der Waals surface area contributed by atoms with Gasteiger partial charge in [0, 0.05) is 15.8 Å². The Kier molecular flexibility index (Phi) is 3.17. The van der Waals surface area contributed by atoms with Gasteiger partial charge in [-0.2, -0.15) is 0 Å². The zero-order valence-electron chi connectivity index (χ0n) is 12.7. The average Bonchev–Trinajstić information content (AvgIpc) is 3.00. The zero-order valence-corrected chi connectivity index (χ0v) is 14.3. The molecule has 0 bridgehead atoms. The third-order valence-electron chi connectivity index (χ3n) is 4.76. The first-order valence-corrected chi connectivity index (χ1v) is 8.57. The van der Waals surface area contributed by atoms with E-state index in [9.17, 15) is 9.90 Å². The van der Waals surface area contributed by atoms with E-state index in [0.717, 1.165) is 21.0 Å². The smallest absolute Gasteiger partial charge is 0.206 e. The number of Topliss-reactive ketones (excluding diaryl/α,β-unsaturated/α-hetero) is 1. The number of amidine groups is 1. The molecule has 1 aromatic heterocycles. The van der Waals surface area contributed by atoms with Gasteiger partial charge >= 0.3 is 0 Å². The lowest BCUT2D eigenvalue weighted by molar-refractivity contribution is 0.0535. The molecule has 4 nitrogen and oxygen atoms in total. The second-order valence-corrected chi connectivity index (χ2v) is 7.66. The normalized spacial score (nSPS) is 25.7. The monoisotopic (exact) mass is 346 g/mol. The molecular weight excluding hydrogens is 332 g/mol. The first-order valence-electron chi connectivity index (χ1n) is 7.37. The van der Waals surface area contributed by atoms with Gasteiger partial charge in [-0.1, -0.05) is 23.7 Å². The summed E-state index contributed by atoms with van der Waals surface area (Å²) in [5.41, 5.74) is 0.754. The van der Waals surface area contributed by atoms with Gasteiger partial charge in [0.1, 0.15) is 10.8 Å². The summed E-state index contributed by atoms with van der Waals surface area (Å²) in [6.45, 7) is 4.27. The summed E-state index contributed by atoms with van der Waals surface area (Å²) >= 11 is 7.47. The number of carbonyl (C=O) groups is 1. The van der Waals surface area contributed by atoms with Crippen molar-refractivity contribution in [2.75, 3.05) is 11.9 Å². The summed E-state index contributed by atoms with van der Waals surface area (Å²) in [4.78, 5) is 18.6. The number of ketones is 1. The minimum Gasteiger partial charge on any atom is -0.374 e. The first kappa shape index (κ1) is 14.9. The topological polar surface area (TPSA) is 61.7 Å². The number of rotatable bonds is 1. The van der Waals surface area contributed by atoms with E-state index in [1.54, 1.807) is 12.1 Å². The number of nitrogens with one attached hydrogen (secondary N) is 1. The summed E-state index contributed by atoms with van der Waals surface area (Å²) < 4.78 is 0. The van der Waals surface area contributed by atoms with Crippen LogP contribution in [0.2, 0.25) is 5.02 Å². The molecular formula is C17H15ClN2O2S. The molecule has 23 heavy (non-hydrogen) atoms. The first-order chi connectivity index (χ1) is 10.9. The minimum absolute atomic E-state index is 0.260. The minimum atomic E-state index is -1.63. The molecule has 0 fully saturated rings. The lowest BCUT2D eigenvalue weighted by Gasteiger charge is -2.34. The van der Waals surface area contributed by atoms with E-state index in [4.69, 9.17) is 11.6 Å². The Morgan fingerprint density at radius 2 is 2.04 bits per heavy atom. The van der Waals surface area contributed by atoms with Crippen LogP contribution in [-0.4, -0.2) is 28.9 Å². The van der Waals surface area contributed by atoms with E-state index in [0.29, 0.717) is 23.0 Å². The molecule has 4 rings (SSSR count). The number of aliphatic hydroxyl groups is 1. The van der Waals surface area contributed by atoms with Crippen LogP contribution in [0.25, 0.3) is 0 Å². The molecule has 0 radical (unpaired) electrons. The fraction of sp³-hybridized carbons (Fsp3) is 0.294. The van der Waals surface area contributed by atoms with Crippen molar-refractivity contribution in [3.05, 3.63) is 50.9 Å². The molecule has 0 aliphatic carbocycles. The van der Waals surface area contributed by atoms with Crippen LogP contribution in [0.5, 0.6) is 0 Å². The van der Waals surface area contributed by atoms with Crippen molar-refractivity contribution in [2.45, 2.75) is 25.4 Å². The highest BCUT2D eigenvalue weighted by atomic mass is 35.5. The number of benzene rings is 1. The predicted molar refractivity (Wildman–Crippen MR) is 93.2 cm³/mol. The number of nitrogens with zero attached hydrogens (tertiary/aromatic N) is 1. The van der Waals surface area contributed by atoms with Crippen molar-refractivity contribution < 1.29 is 9.90 Å². The van der Waals surface area contributed by atoms with Crippen molar-refractivity contribution in [3.63, 3.8) is 0 Å². The number of aryl methyl sites for hydroxylation is 1. The number of halogens is 1. The maximum absolute atomic E-state index is 13.1. The predicted octanol–water partition coefficient (Wildman–Crippen LogP) is 3.55. The van der Waals surface area contributed by atoms with Crippen LogP contribution >= 0.6 is 22.9 Å². The fourth-order valence-electron chi connectivity index (χ4n) is 3.33. The third-order valence-corrected chi connectivity index (χ3v) is 6.13. The van der Waals surface area contributed by atoms with E-state index in [-0.39, 0.29) is 5.78 Å². The SMILES string of the molecule is Cc1sc2c(c1C)C(=O)[C@@]1(O)C(=NCC1c1ccc(Cl)cc1)N2. The summed E-state index contributed by atoms with van der Waals surface area (Å²) in [6, 6.07) is 7.23. The highest BCUT2D eigenvalue weighted by molar-refractivity contribution is 7.17. The number of hydrogen-bond donors (Lipinski definition) is 2. The van der Waals surface area contributed by atoms with Gasteiger partial charge in [-0.25, -0.2) is 0 Å². The van der Waals surface area contributed by atoms with Gasteiger partial charge in [0.25, 0.3) is 0 Å². The highest BCUT2D eigenvalue weighted by Gasteiger charge is 2.56. The Balaban J connectivity index is 1.84. The molecule has 2 aliphatic rings. The van der Waals surface area contributed by atoms with E-state index in [1.807, 2.05) is 26.0 Å². The van der Waals surface area contributed by atoms with E-state index >= 15 is 0 Å². The molecule has 0 saturated heterocycles. The average molecular weight is 347 g/mol. The molecule has 1 unspecified atom stereocenters. The van der Waals surface area contributed by atoms with Gasteiger partial charge in [-0.3, -0.25) is 9.79 Å². The van der Waals surface area contributed by atoms with Gasteiger partial charge in [0.05, 0.1) is 12.1 Å². The van der Waals surface area contributed by atoms with Crippen LogP contribution in [0.4, 0.5) is 5.00 Å². The number of hydrogen-bond acceptors (Lipinski definition) is 5. The number of anilines is 1. The van der Waals surface area contributed by atoms with Gasteiger partial charge in [-0.05, 0) is 37.1 Å². The van der Waals surface area contributed by atoms with Gasteiger partial charge in [0.15, 0.2) is 5.60 Å². The van der Waals surface area contributed by atoms with Crippen LogP contribution < -0.4 is 5.32 Å². The molecule has 0 spiro atoms. The van der Waals surface area contributed by atoms with Crippen LogP contribution in [0.1, 0.15) is 32.3 Å². The van der Waals surface area contributed by atoms with E-state index in [2.05, 4.69) is 10.3 Å². The Morgan fingerprint density at radius 1 is 1.35 bits per heavy atom. The lowest BCUT2D eigenvalue weighted by Crippen LogP contribution is -2.54. The largest absolute Gasteiger partial charge is 0.374 e. The van der Waals surface area contributed by atoms with Gasteiger partial charge < -0.3 is 10.4 Å². The molecule has 2 aromatic rings. The van der Waals surface area contributed by atoms with Crippen molar-refractivity contribution in [3.8, 4) is 0 Å². The standard InChI is InChI=1S/C17H15ClN2O2S/c1-8-9(2)23-15-13(8)14(21)17(22)12(7-19-16(17)20-15)10-3-5-11(18)6-4-10/h3-6,12,22H,7H2,1-2H3,(H,19,20)/t12?,17-/m1/s1. The van der Waals surface area contributed by atoms with Crippen LogP contribution in [-0.2, 0) is 0 Å². The van der Waals surface area contributed by atoms with Crippen LogP contribution in [0.3, 0.4) is 0 Å². The number of fused-ring (bicyclic) bond motifs is 2. The van der Waals surface area contributed by atoms with Crippen molar-refractivity contribution in [1.82, 2.24) is 0 Å².